The lowest BCUT2D eigenvalue weighted by molar-refractivity contribution is -0.139. The Bertz CT molecular complexity index is 2550. The fourth-order valence-corrected chi connectivity index (χ4v) is 8.62. The molecule has 12 N–H and O–H groups in total. The fraction of sp³-hybridized carbons (Fsp3) is 0.381. The molecule has 330 valence electrons. The Kier molecular flexibility index (Phi) is 13.3. The number of hydrogen-bond donors (Lipinski definition) is 12. The molecule has 20 nitrogen and oxygen atoms in total. The van der Waals surface area contributed by atoms with Crippen molar-refractivity contribution in [2.45, 2.75) is 90.9 Å². The third-order valence-electron chi connectivity index (χ3n) is 11.5. The molecule has 3 aliphatic rings. The summed E-state index contributed by atoms with van der Waals surface area (Å²) in [5.41, 5.74) is -0.882. The molecule has 2 unspecified atom stereocenters. The Morgan fingerprint density at radius 3 is 1.31 bits per heavy atom. The summed E-state index contributed by atoms with van der Waals surface area (Å²) < 4.78 is 0. The number of fused-ring (bicyclic) bond motifs is 8. The summed E-state index contributed by atoms with van der Waals surface area (Å²) in [7, 11) is 0. The van der Waals surface area contributed by atoms with E-state index in [2.05, 4.69) is 20.6 Å². The van der Waals surface area contributed by atoms with Crippen molar-refractivity contribution in [2.75, 3.05) is 0 Å². The molecule has 5 heterocycles. The lowest BCUT2D eigenvalue weighted by Gasteiger charge is -2.28. The van der Waals surface area contributed by atoms with Crippen LogP contribution in [0.4, 0.5) is 0 Å². The second-order valence-corrected chi connectivity index (χ2v) is 15.8. The molecule has 2 aromatic rings. The summed E-state index contributed by atoms with van der Waals surface area (Å²) >= 11 is 0. The van der Waals surface area contributed by atoms with E-state index in [1.807, 2.05) is 0 Å². The van der Waals surface area contributed by atoms with E-state index in [4.69, 9.17) is 0 Å². The van der Waals surface area contributed by atoms with Gasteiger partial charge in [0.25, 0.3) is 0 Å². The molecule has 0 spiro atoms. The number of aromatic amines is 2. The van der Waals surface area contributed by atoms with Crippen LogP contribution >= 0.6 is 0 Å². The number of nitrogens with one attached hydrogen (secondary N) is 4. The predicted octanol–water partition coefficient (Wildman–Crippen LogP) is 1.89. The first-order valence-electron chi connectivity index (χ1n) is 19.4. The van der Waals surface area contributed by atoms with Crippen molar-refractivity contribution in [1.82, 2.24) is 20.6 Å². The van der Waals surface area contributed by atoms with Crippen LogP contribution in [0.2, 0.25) is 0 Å². The molecule has 0 aliphatic carbocycles. The van der Waals surface area contributed by atoms with Crippen LogP contribution in [0.1, 0.15) is 98.9 Å². The van der Waals surface area contributed by atoms with E-state index in [9.17, 15) is 79.2 Å². The second kappa shape index (κ2) is 18.1. The zero-order valence-corrected chi connectivity index (χ0v) is 33.6. The summed E-state index contributed by atoms with van der Waals surface area (Å²) in [4.78, 5) is 104. The zero-order valence-electron chi connectivity index (χ0n) is 33.6. The third kappa shape index (κ3) is 9.96. The minimum absolute atomic E-state index is 0.0996. The smallest absolute Gasteiger partial charge is 0.307 e. The largest absolute Gasteiger partial charge is 0.481 e. The molecule has 0 radical (unpaired) electrons. The average Bonchev–Trinajstić information content (AvgIpc) is 3.77. The molecule has 3 aliphatic heterocycles. The molecule has 0 saturated heterocycles. The van der Waals surface area contributed by atoms with Crippen molar-refractivity contribution in [3.05, 3.63) is 84.4 Å². The first kappa shape index (κ1) is 45.7. The number of aromatic nitrogens is 2. The van der Waals surface area contributed by atoms with Gasteiger partial charge in [-0.25, -0.2) is 0 Å². The van der Waals surface area contributed by atoms with Gasteiger partial charge in [0.05, 0.1) is 25.7 Å². The minimum atomic E-state index is -1.52. The molecule has 2 atom stereocenters. The van der Waals surface area contributed by atoms with Crippen LogP contribution < -0.4 is 21.3 Å². The Balaban J connectivity index is 2.05. The van der Waals surface area contributed by atoms with Gasteiger partial charge in [0.15, 0.2) is 0 Å². The minimum Gasteiger partial charge on any atom is -0.481 e. The fourth-order valence-electron chi connectivity index (χ4n) is 8.62. The van der Waals surface area contributed by atoms with Crippen LogP contribution in [0.5, 0.6) is 0 Å². The Morgan fingerprint density at radius 1 is 0.435 bits per heavy atom. The topological polar surface area (TPSA) is 354 Å². The SMILES string of the molecule is CC1(CC(=O)O)C2=Cc3[nH]c(c(CCC(=O)O)c3CC(=O)O)C=c3[nH]c(c(CC(=O)O)c3CCC(=O)O)=CC3=C(CCC(=O)O)C(C)(CC(=O)O)C(=CC(=C1CCC(=O)O)N2)N3. The second-order valence-electron chi connectivity index (χ2n) is 15.8. The Labute approximate surface area is 351 Å². The van der Waals surface area contributed by atoms with Crippen LogP contribution in [0.3, 0.4) is 0 Å². The summed E-state index contributed by atoms with van der Waals surface area (Å²) in [6.45, 7) is 3.09. The molecular formula is C42H46N4O16. The van der Waals surface area contributed by atoms with E-state index in [-0.39, 0.29) is 104 Å². The Morgan fingerprint density at radius 2 is 0.839 bits per heavy atom. The molecular weight excluding hydrogens is 816 g/mol. The molecule has 8 bridgehead atoms. The standard InChI is InChI=1S/C42H46N4O16/c1-41(17-39(59)60)23(5-9-35(51)52)29-14-27-21(11-37(55)56)19(3-7-33(47)48)25(43-27)13-26-20(4-8-34(49)50)22(12-38(57)58)28(44-26)15-31-42(2,18-40(61)62)24(6-10-36(53)54)30(46-31)16-32(41)45-29/h13-16,43-46H,3-12,17-18H2,1-2H3,(H,47,48)(H,49,50)(H,51,52)(H,53,54)(H,55,56)(H,57,58)(H,59,60)(H,61,62). The van der Waals surface area contributed by atoms with E-state index in [1.54, 1.807) is 13.8 Å². The molecule has 20 heteroatoms. The van der Waals surface area contributed by atoms with Crippen LogP contribution in [0.15, 0.2) is 40.0 Å². The number of allylic oxidation sites excluding steroid dienone is 4. The van der Waals surface area contributed by atoms with Crippen molar-refractivity contribution in [3.63, 3.8) is 0 Å². The number of rotatable bonds is 20. The van der Waals surface area contributed by atoms with E-state index in [0.29, 0.717) is 0 Å². The highest BCUT2D eigenvalue weighted by Gasteiger charge is 2.46. The molecule has 5 rings (SSSR count). The third-order valence-corrected chi connectivity index (χ3v) is 11.5. The van der Waals surface area contributed by atoms with Gasteiger partial charge in [-0.1, -0.05) is 0 Å². The monoisotopic (exact) mass is 862 g/mol. The van der Waals surface area contributed by atoms with E-state index >= 15 is 0 Å². The quantitative estimate of drug-likeness (QED) is 0.0904. The van der Waals surface area contributed by atoms with Gasteiger partial charge in [-0.15, -0.1) is 0 Å². The number of carboxylic acids is 8. The van der Waals surface area contributed by atoms with Gasteiger partial charge in [-0.3, -0.25) is 38.4 Å². The van der Waals surface area contributed by atoms with Crippen LogP contribution in [0, 0.1) is 10.8 Å². The summed E-state index contributed by atoms with van der Waals surface area (Å²) in [5.74, 6) is -10.1. The maximum Gasteiger partial charge on any atom is 0.307 e. The van der Waals surface area contributed by atoms with Crippen LogP contribution in [-0.4, -0.2) is 98.6 Å². The van der Waals surface area contributed by atoms with Crippen molar-refractivity contribution in [1.29, 1.82) is 0 Å². The number of hydrogen-bond acceptors (Lipinski definition) is 10. The average molecular weight is 863 g/mol. The van der Waals surface area contributed by atoms with E-state index < -0.39 is 110 Å². The highest BCUT2D eigenvalue weighted by molar-refractivity contribution is 5.79. The van der Waals surface area contributed by atoms with Crippen molar-refractivity contribution < 1.29 is 79.2 Å². The van der Waals surface area contributed by atoms with E-state index in [1.165, 1.54) is 24.3 Å². The lowest BCUT2D eigenvalue weighted by atomic mass is 9.74. The lowest BCUT2D eigenvalue weighted by Crippen LogP contribution is -2.26. The van der Waals surface area contributed by atoms with E-state index in [0.717, 1.165) is 0 Å². The van der Waals surface area contributed by atoms with Crippen LogP contribution in [-0.2, 0) is 64.0 Å². The summed E-state index contributed by atoms with van der Waals surface area (Å²) in [5, 5.41) is 86.4. The molecule has 0 fully saturated rings. The van der Waals surface area contributed by atoms with Gasteiger partial charge < -0.3 is 61.5 Å². The predicted molar refractivity (Wildman–Crippen MR) is 214 cm³/mol. The van der Waals surface area contributed by atoms with Gasteiger partial charge >= 0.3 is 47.8 Å². The zero-order chi connectivity index (χ0) is 45.8. The van der Waals surface area contributed by atoms with Crippen molar-refractivity contribution in [3.8, 4) is 0 Å². The highest BCUT2D eigenvalue weighted by Crippen LogP contribution is 2.51. The van der Waals surface area contributed by atoms with Gasteiger partial charge in [0.1, 0.15) is 0 Å². The molecule has 0 amide bonds. The maximum atomic E-state index is 12.6. The number of aliphatic carboxylic acids is 8. The molecule has 62 heavy (non-hydrogen) atoms. The highest BCUT2D eigenvalue weighted by atomic mass is 16.4. The number of carbonyl (C=O) groups is 8. The molecule has 0 aromatic carbocycles. The normalized spacial score (nSPS) is 19.1. The Hall–Kier alpha value is -7.38. The van der Waals surface area contributed by atoms with Gasteiger partial charge in [0, 0.05) is 81.4 Å². The van der Waals surface area contributed by atoms with Crippen molar-refractivity contribution in [2.24, 2.45) is 10.8 Å². The number of carboxylic acid groups (broad SMARTS) is 8. The summed E-state index contributed by atoms with van der Waals surface area (Å²) in [6, 6.07) is 0. The first-order chi connectivity index (χ1) is 29.0. The van der Waals surface area contributed by atoms with Gasteiger partial charge in [-0.05, 0) is 97.2 Å². The van der Waals surface area contributed by atoms with Gasteiger partial charge in [0.2, 0.25) is 0 Å². The maximum absolute atomic E-state index is 12.6. The van der Waals surface area contributed by atoms with Gasteiger partial charge in [-0.2, -0.15) is 0 Å². The first-order valence-corrected chi connectivity index (χ1v) is 19.4. The molecule has 0 saturated carbocycles. The summed E-state index contributed by atoms with van der Waals surface area (Å²) in [6.07, 6.45) is 0.568. The van der Waals surface area contributed by atoms with Crippen LogP contribution in [0.25, 0.3) is 18.2 Å². The number of H-pyrrole nitrogens is 2. The van der Waals surface area contributed by atoms with Crippen molar-refractivity contribution >= 4 is 66.0 Å². The molecule has 2 aromatic heterocycles.